The maximum Gasteiger partial charge on any atom is 0.142 e. The van der Waals surface area contributed by atoms with Crippen molar-refractivity contribution >= 4 is 0 Å². The molecule has 4 rings (SSSR count). The lowest BCUT2D eigenvalue weighted by atomic mass is 10.1. The van der Waals surface area contributed by atoms with Crippen molar-refractivity contribution in [2.24, 2.45) is 0 Å². The summed E-state index contributed by atoms with van der Waals surface area (Å²) in [6, 6.07) is 26.5. The van der Waals surface area contributed by atoms with Crippen molar-refractivity contribution in [3.05, 3.63) is 78.9 Å². The third kappa shape index (κ3) is 4.80. The molecule has 4 nitrogen and oxygen atoms in total. The van der Waals surface area contributed by atoms with E-state index in [2.05, 4.69) is 43.1 Å². The lowest BCUT2D eigenvalue weighted by Crippen LogP contribution is -2.00. The van der Waals surface area contributed by atoms with Crippen LogP contribution < -0.4 is 9.47 Å². The summed E-state index contributed by atoms with van der Waals surface area (Å²) in [5.74, 6) is 2.38. The highest BCUT2D eigenvalue weighted by atomic mass is 16.5. The molecule has 1 aromatic heterocycles. The van der Waals surface area contributed by atoms with Crippen LogP contribution in [0.4, 0.5) is 0 Å². The summed E-state index contributed by atoms with van der Waals surface area (Å²) in [7, 11) is 0. The molecule has 0 radical (unpaired) electrons. The van der Waals surface area contributed by atoms with Crippen molar-refractivity contribution < 1.29 is 9.47 Å². The van der Waals surface area contributed by atoms with E-state index in [9.17, 15) is 0 Å². The predicted octanol–water partition coefficient (Wildman–Crippen LogP) is 6.99. The molecule has 0 fully saturated rings. The summed E-state index contributed by atoms with van der Waals surface area (Å²) < 4.78 is 11.9. The highest BCUT2D eigenvalue weighted by molar-refractivity contribution is 5.82. The van der Waals surface area contributed by atoms with E-state index < -0.39 is 0 Å². The standard InChI is InChI=1S/C27H28N2O2/c1-3-17-30-22-15-16-23(24(19-22)31-18-4-2)27-28-25(20-11-7-5-8-12-20)26(29-27)21-13-9-6-10-14-21/h5-16,19H,3-4,17-18H2,1-2H3,(H,28,29). The van der Waals surface area contributed by atoms with Crippen molar-refractivity contribution in [1.29, 1.82) is 0 Å². The Morgan fingerprint density at radius 1 is 0.742 bits per heavy atom. The fraction of sp³-hybridized carbons (Fsp3) is 0.222. The molecule has 4 aromatic rings. The summed E-state index contributed by atoms with van der Waals surface area (Å²) in [6.45, 7) is 5.53. The number of hydrogen-bond donors (Lipinski definition) is 1. The molecule has 1 heterocycles. The van der Waals surface area contributed by atoms with Gasteiger partial charge in [-0.15, -0.1) is 0 Å². The van der Waals surface area contributed by atoms with Gasteiger partial charge in [-0.1, -0.05) is 74.5 Å². The average molecular weight is 413 g/mol. The Morgan fingerprint density at radius 2 is 1.39 bits per heavy atom. The van der Waals surface area contributed by atoms with Crippen molar-refractivity contribution in [3.8, 4) is 45.4 Å². The summed E-state index contributed by atoms with van der Waals surface area (Å²) >= 11 is 0. The van der Waals surface area contributed by atoms with Gasteiger partial charge >= 0.3 is 0 Å². The zero-order valence-electron chi connectivity index (χ0n) is 18.1. The van der Waals surface area contributed by atoms with Crippen molar-refractivity contribution in [2.75, 3.05) is 13.2 Å². The van der Waals surface area contributed by atoms with Crippen molar-refractivity contribution in [3.63, 3.8) is 0 Å². The molecular formula is C27H28N2O2. The highest BCUT2D eigenvalue weighted by Gasteiger charge is 2.18. The van der Waals surface area contributed by atoms with E-state index in [4.69, 9.17) is 14.5 Å². The second-order valence-corrected chi connectivity index (χ2v) is 7.40. The minimum Gasteiger partial charge on any atom is -0.493 e. The third-order valence-electron chi connectivity index (χ3n) is 4.96. The van der Waals surface area contributed by atoms with Gasteiger partial charge in [-0.2, -0.15) is 0 Å². The third-order valence-corrected chi connectivity index (χ3v) is 4.96. The first-order valence-corrected chi connectivity index (χ1v) is 10.9. The Labute approximate surface area is 183 Å². The number of nitrogens with zero attached hydrogens (tertiary/aromatic N) is 1. The number of imidazole rings is 1. The van der Waals surface area contributed by atoms with Gasteiger partial charge in [0.25, 0.3) is 0 Å². The van der Waals surface area contributed by atoms with Crippen LogP contribution >= 0.6 is 0 Å². The monoisotopic (exact) mass is 412 g/mol. The topological polar surface area (TPSA) is 47.1 Å². The van der Waals surface area contributed by atoms with E-state index in [-0.39, 0.29) is 0 Å². The van der Waals surface area contributed by atoms with Crippen molar-refractivity contribution in [2.45, 2.75) is 26.7 Å². The molecule has 31 heavy (non-hydrogen) atoms. The number of ether oxygens (including phenoxy) is 2. The highest BCUT2D eigenvalue weighted by Crippen LogP contribution is 2.37. The SMILES string of the molecule is CCCOc1ccc(-c2nc(-c3ccccc3)c(-c3ccccc3)[nH]2)c(OCCC)c1. The normalized spacial score (nSPS) is 10.8. The Morgan fingerprint density at radius 3 is 2.06 bits per heavy atom. The molecule has 3 aromatic carbocycles. The van der Waals surface area contributed by atoms with Crippen LogP contribution in [0.15, 0.2) is 78.9 Å². The van der Waals surface area contributed by atoms with Gasteiger partial charge < -0.3 is 14.5 Å². The first kappa shape index (κ1) is 20.7. The molecule has 0 atom stereocenters. The molecule has 0 saturated carbocycles. The molecule has 0 spiro atoms. The molecule has 0 aliphatic carbocycles. The molecule has 0 unspecified atom stereocenters. The summed E-state index contributed by atoms with van der Waals surface area (Å²) in [5, 5.41) is 0. The summed E-state index contributed by atoms with van der Waals surface area (Å²) in [5.41, 5.74) is 5.02. The van der Waals surface area contributed by atoms with E-state index in [1.165, 1.54) is 0 Å². The Kier molecular flexibility index (Phi) is 6.68. The molecular weight excluding hydrogens is 384 g/mol. The summed E-state index contributed by atoms with van der Waals surface area (Å²) in [4.78, 5) is 8.57. The van der Waals surface area contributed by atoms with Crippen LogP contribution in [0.1, 0.15) is 26.7 Å². The van der Waals surface area contributed by atoms with Crippen LogP contribution in [0.2, 0.25) is 0 Å². The number of aromatic nitrogens is 2. The van der Waals surface area contributed by atoms with Gasteiger partial charge in [0.2, 0.25) is 0 Å². The van der Waals surface area contributed by atoms with Gasteiger partial charge in [-0.05, 0) is 25.0 Å². The van der Waals surface area contributed by atoms with Crippen LogP contribution in [0.25, 0.3) is 33.9 Å². The van der Waals surface area contributed by atoms with Gasteiger partial charge in [-0.3, -0.25) is 0 Å². The number of nitrogens with one attached hydrogen (secondary N) is 1. The fourth-order valence-corrected chi connectivity index (χ4v) is 3.46. The van der Waals surface area contributed by atoms with Crippen LogP contribution in [0.3, 0.4) is 0 Å². The quantitative estimate of drug-likeness (QED) is 0.322. The second kappa shape index (κ2) is 9.98. The molecule has 158 valence electrons. The van der Waals surface area contributed by atoms with Crippen LogP contribution in [-0.2, 0) is 0 Å². The van der Waals surface area contributed by atoms with E-state index >= 15 is 0 Å². The van der Waals surface area contributed by atoms with Crippen molar-refractivity contribution in [1.82, 2.24) is 9.97 Å². The van der Waals surface area contributed by atoms with Gasteiger partial charge in [0.05, 0.1) is 30.2 Å². The largest absolute Gasteiger partial charge is 0.493 e. The zero-order valence-corrected chi connectivity index (χ0v) is 18.1. The van der Waals surface area contributed by atoms with Gasteiger partial charge in [0, 0.05) is 17.2 Å². The molecule has 0 saturated heterocycles. The van der Waals surface area contributed by atoms with Crippen LogP contribution in [0, 0.1) is 0 Å². The number of rotatable bonds is 9. The van der Waals surface area contributed by atoms with E-state index in [0.717, 1.165) is 58.2 Å². The van der Waals surface area contributed by atoms with Gasteiger partial charge in [0.1, 0.15) is 17.3 Å². The first-order valence-electron chi connectivity index (χ1n) is 10.9. The van der Waals surface area contributed by atoms with Crippen LogP contribution in [0.5, 0.6) is 11.5 Å². The van der Waals surface area contributed by atoms with Gasteiger partial charge in [-0.25, -0.2) is 4.98 Å². The number of benzene rings is 3. The predicted molar refractivity (Wildman–Crippen MR) is 126 cm³/mol. The molecule has 4 heteroatoms. The molecule has 1 N–H and O–H groups in total. The molecule has 0 bridgehead atoms. The minimum atomic E-state index is 0.641. The maximum atomic E-state index is 6.08. The first-order chi connectivity index (χ1) is 15.3. The second-order valence-electron chi connectivity index (χ2n) is 7.40. The molecule has 0 aliphatic rings. The maximum absolute atomic E-state index is 6.08. The van der Waals surface area contributed by atoms with E-state index in [1.807, 2.05) is 54.6 Å². The average Bonchev–Trinajstić information content (AvgIpc) is 3.28. The number of hydrogen-bond acceptors (Lipinski definition) is 3. The molecule has 0 amide bonds. The Bertz CT molecular complexity index is 1050. The van der Waals surface area contributed by atoms with Gasteiger partial charge in [0.15, 0.2) is 0 Å². The zero-order chi connectivity index (χ0) is 21.5. The number of H-pyrrole nitrogens is 1. The lowest BCUT2D eigenvalue weighted by Gasteiger charge is -2.12. The lowest BCUT2D eigenvalue weighted by molar-refractivity contribution is 0.302. The Balaban J connectivity index is 1.81. The Hall–Kier alpha value is -3.53. The minimum absolute atomic E-state index is 0.641. The van der Waals surface area contributed by atoms with Crippen LogP contribution in [-0.4, -0.2) is 23.2 Å². The summed E-state index contributed by atoms with van der Waals surface area (Å²) in [6.07, 6.45) is 1.90. The van der Waals surface area contributed by atoms with E-state index in [1.54, 1.807) is 0 Å². The smallest absolute Gasteiger partial charge is 0.142 e. The fourth-order valence-electron chi connectivity index (χ4n) is 3.46. The molecule has 0 aliphatic heterocycles. The van der Waals surface area contributed by atoms with E-state index in [0.29, 0.717) is 13.2 Å². The number of aromatic amines is 1.